The van der Waals surface area contributed by atoms with E-state index in [1.807, 2.05) is 49.4 Å². The molecule has 0 amide bonds. The normalized spacial score (nSPS) is 16.0. The molecule has 10 heteroatoms. The number of halogens is 1. The minimum Gasteiger partial charge on any atom is -0.437 e. The van der Waals surface area contributed by atoms with Gasteiger partial charge < -0.3 is 15.4 Å². The van der Waals surface area contributed by atoms with Crippen LogP contribution in [0.25, 0.3) is 22.0 Å². The third-order valence-corrected chi connectivity index (χ3v) is 8.45. The molecule has 1 fully saturated rings. The smallest absolute Gasteiger partial charge is 0.228 e. The number of aryl methyl sites for hydroxylation is 1. The van der Waals surface area contributed by atoms with Crippen LogP contribution in [0.3, 0.4) is 0 Å². The van der Waals surface area contributed by atoms with E-state index in [2.05, 4.69) is 20.6 Å². The number of fused-ring (bicyclic) bond motifs is 1. The molecule has 0 aliphatic carbocycles. The summed E-state index contributed by atoms with van der Waals surface area (Å²) in [7, 11) is -3.42. The molecule has 3 heterocycles. The summed E-state index contributed by atoms with van der Waals surface area (Å²) in [6.45, 7) is 3.86. The zero-order chi connectivity index (χ0) is 25.8. The van der Waals surface area contributed by atoms with Crippen molar-refractivity contribution in [3.63, 3.8) is 0 Å². The topological polar surface area (TPSA) is 106 Å². The van der Waals surface area contributed by atoms with Gasteiger partial charge >= 0.3 is 0 Å². The monoisotopic (exact) mass is 537 g/mol. The lowest BCUT2D eigenvalue weighted by molar-refractivity contribution is 0.466. The van der Waals surface area contributed by atoms with Crippen molar-refractivity contribution < 1.29 is 13.2 Å². The number of benzene rings is 2. The van der Waals surface area contributed by atoms with E-state index < -0.39 is 15.0 Å². The maximum Gasteiger partial charge on any atom is 0.228 e. The molecule has 1 atom stereocenters. The van der Waals surface area contributed by atoms with E-state index in [0.29, 0.717) is 28.8 Å². The Kier molecular flexibility index (Phi) is 7.55. The lowest BCUT2D eigenvalue weighted by Crippen LogP contribution is -2.38. The number of pyridine rings is 1. The number of aromatic nitrogens is 3. The third-order valence-electron chi connectivity index (χ3n) is 6.37. The number of rotatable bonds is 8. The van der Waals surface area contributed by atoms with Gasteiger partial charge in [-0.2, -0.15) is 0 Å². The predicted octanol–water partition coefficient (Wildman–Crippen LogP) is 5.07. The number of anilines is 1. The molecule has 2 N–H and O–H groups in total. The highest BCUT2D eigenvalue weighted by Gasteiger charge is 2.18. The lowest BCUT2D eigenvalue weighted by Gasteiger charge is -2.23. The average Bonchev–Trinajstić information content (AvgIpc) is 2.91. The highest BCUT2D eigenvalue weighted by atomic mass is 35.5. The Morgan fingerprint density at radius 1 is 1.08 bits per heavy atom. The van der Waals surface area contributed by atoms with Gasteiger partial charge in [0.1, 0.15) is 11.0 Å². The molecule has 0 radical (unpaired) electrons. The summed E-state index contributed by atoms with van der Waals surface area (Å²) in [6, 6.07) is 15.2. The van der Waals surface area contributed by atoms with Crippen LogP contribution >= 0.6 is 11.6 Å². The Hall–Kier alpha value is -3.27. The Bertz CT molecular complexity index is 1520. The van der Waals surface area contributed by atoms with Crippen molar-refractivity contribution in [3.8, 4) is 22.9 Å². The zero-order valence-corrected chi connectivity index (χ0v) is 22.0. The summed E-state index contributed by atoms with van der Waals surface area (Å²) >= 11 is 5.66. The second-order valence-corrected chi connectivity index (χ2v) is 11.8. The summed E-state index contributed by atoms with van der Waals surface area (Å²) in [5.74, 6) is 1.44. The van der Waals surface area contributed by atoms with Gasteiger partial charge in [0, 0.05) is 30.4 Å². The third kappa shape index (κ3) is 5.84. The highest BCUT2D eigenvalue weighted by Crippen LogP contribution is 2.37. The molecule has 0 bridgehead atoms. The molecule has 37 heavy (non-hydrogen) atoms. The Labute approximate surface area is 221 Å². The largest absolute Gasteiger partial charge is 0.437 e. The second kappa shape index (κ2) is 11.0. The lowest BCUT2D eigenvalue weighted by atomic mass is 10.0. The minimum absolute atomic E-state index is 0.140. The molecule has 1 saturated heterocycles. The van der Waals surface area contributed by atoms with Crippen LogP contribution in [0.2, 0.25) is 0 Å². The van der Waals surface area contributed by atoms with Crippen molar-refractivity contribution in [3.05, 3.63) is 72.1 Å². The molecule has 8 nitrogen and oxygen atoms in total. The van der Waals surface area contributed by atoms with Gasteiger partial charge in [-0.05, 0) is 61.0 Å². The van der Waals surface area contributed by atoms with E-state index in [0.717, 1.165) is 47.8 Å². The van der Waals surface area contributed by atoms with E-state index in [1.165, 1.54) is 0 Å². The van der Waals surface area contributed by atoms with Gasteiger partial charge in [0.05, 0.1) is 17.0 Å². The number of piperidine rings is 1. The van der Waals surface area contributed by atoms with Crippen molar-refractivity contribution in [1.82, 2.24) is 20.3 Å². The van der Waals surface area contributed by atoms with Crippen LogP contribution in [0.1, 0.15) is 24.0 Å². The van der Waals surface area contributed by atoms with Crippen molar-refractivity contribution in [2.75, 3.05) is 23.6 Å². The molecule has 5 rings (SSSR count). The van der Waals surface area contributed by atoms with Crippen LogP contribution in [0.4, 0.5) is 5.95 Å². The van der Waals surface area contributed by atoms with Crippen molar-refractivity contribution in [1.29, 1.82) is 0 Å². The summed E-state index contributed by atoms with van der Waals surface area (Å²) in [5, 5.41) is 7.98. The first-order valence-electron chi connectivity index (χ1n) is 12.1. The van der Waals surface area contributed by atoms with Gasteiger partial charge in [-0.15, -0.1) is 11.6 Å². The fraction of sp³-hybridized carbons (Fsp3) is 0.296. The Balaban J connectivity index is 1.50. The zero-order valence-electron chi connectivity index (χ0n) is 20.4. The van der Waals surface area contributed by atoms with E-state index in [-0.39, 0.29) is 11.8 Å². The molecule has 0 unspecified atom stereocenters. The van der Waals surface area contributed by atoms with Crippen LogP contribution in [-0.4, -0.2) is 47.7 Å². The van der Waals surface area contributed by atoms with Crippen LogP contribution in [0.5, 0.6) is 11.6 Å². The summed E-state index contributed by atoms with van der Waals surface area (Å²) in [6.07, 6.45) is 5.58. The van der Waals surface area contributed by atoms with E-state index in [4.69, 9.17) is 21.3 Å². The highest BCUT2D eigenvalue weighted by molar-refractivity contribution is 7.91. The SMILES string of the molecule is Cc1ccc2c(CS(=O)(=O)CCl)cccc2c1Oc1ncccc1-c1ccnc(N[C@H]2CCCNC2)n1. The summed E-state index contributed by atoms with van der Waals surface area (Å²) in [4.78, 5) is 13.7. The summed E-state index contributed by atoms with van der Waals surface area (Å²) in [5.41, 5.74) is 2.99. The maximum atomic E-state index is 12.2. The minimum atomic E-state index is -3.42. The number of sulfone groups is 1. The Morgan fingerprint density at radius 3 is 2.78 bits per heavy atom. The van der Waals surface area contributed by atoms with Gasteiger partial charge in [0.2, 0.25) is 11.8 Å². The van der Waals surface area contributed by atoms with Crippen molar-refractivity contribution in [2.24, 2.45) is 0 Å². The molecule has 1 aliphatic rings. The number of alkyl halides is 1. The van der Waals surface area contributed by atoms with Gasteiger partial charge in [-0.3, -0.25) is 0 Å². The molecule has 2 aromatic carbocycles. The second-order valence-electron chi connectivity index (χ2n) is 9.13. The first kappa shape index (κ1) is 25.4. The summed E-state index contributed by atoms with van der Waals surface area (Å²) < 4.78 is 30.9. The fourth-order valence-corrected chi connectivity index (χ4v) is 5.57. The van der Waals surface area contributed by atoms with Gasteiger partial charge in [-0.25, -0.2) is 23.4 Å². The number of nitrogens with zero attached hydrogens (tertiary/aromatic N) is 3. The number of hydrogen-bond acceptors (Lipinski definition) is 8. The van der Waals surface area contributed by atoms with Gasteiger partial charge in [0.15, 0.2) is 9.84 Å². The van der Waals surface area contributed by atoms with E-state index >= 15 is 0 Å². The number of ether oxygens (including phenoxy) is 1. The molecule has 0 spiro atoms. The van der Waals surface area contributed by atoms with Crippen molar-refractivity contribution >= 4 is 38.2 Å². The number of hydrogen-bond donors (Lipinski definition) is 2. The van der Waals surface area contributed by atoms with E-state index in [9.17, 15) is 8.42 Å². The standard InChI is InChI=1S/C27H28ClN5O3S/c1-18-9-10-21-19(16-37(34,35)17-28)5-2-7-22(21)25(18)36-26-23(8-4-13-30-26)24-11-14-31-27(33-24)32-20-6-3-12-29-15-20/h2,4-5,7-11,13-14,20,29H,3,6,12,15-17H2,1H3,(H,31,32,33)/t20-/m0/s1. The van der Waals surface area contributed by atoms with Crippen LogP contribution in [-0.2, 0) is 15.6 Å². The quantitative estimate of drug-likeness (QED) is 0.300. The molecular formula is C27H28ClN5O3S. The van der Waals surface area contributed by atoms with Crippen LogP contribution in [0, 0.1) is 6.92 Å². The van der Waals surface area contributed by atoms with E-state index in [1.54, 1.807) is 18.5 Å². The first-order chi connectivity index (χ1) is 17.9. The average molecular weight is 538 g/mol. The molecular weight excluding hydrogens is 510 g/mol. The molecule has 2 aromatic heterocycles. The van der Waals surface area contributed by atoms with Crippen molar-refractivity contribution in [2.45, 2.75) is 31.6 Å². The molecule has 0 saturated carbocycles. The molecule has 192 valence electrons. The van der Waals surface area contributed by atoms with Gasteiger partial charge in [-0.1, -0.05) is 30.3 Å². The van der Waals surface area contributed by atoms with Gasteiger partial charge in [0.25, 0.3) is 0 Å². The van der Waals surface area contributed by atoms with Crippen LogP contribution < -0.4 is 15.4 Å². The first-order valence-corrected chi connectivity index (χ1v) is 14.5. The van der Waals surface area contributed by atoms with Crippen LogP contribution in [0.15, 0.2) is 60.9 Å². The maximum absolute atomic E-state index is 12.2. The predicted molar refractivity (Wildman–Crippen MR) is 147 cm³/mol. The molecule has 1 aliphatic heterocycles. The Morgan fingerprint density at radius 2 is 1.97 bits per heavy atom. The molecule has 4 aromatic rings. The fourth-order valence-electron chi connectivity index (χ4n) is 4.54. The number of nitrogens with one attached hydrogen (secondary N) is 2.